The Balaban J connectivity index is 2.12. The standard InChI is InChI=1S/C13H10N2O3S/c1-18-9-3-4-10-11(6-9)19-13-14-8(7-15(10)13)2-5-12(16)17/h2-7H,1H3,(H,16,17)/b5-2+. The maximum absolute atomic E-state index is 10.5. The molecule has 5 nitrogen and oxygen atoms in total. The van der Waals surface area contributed by atoms with E-state index in [9.17, 15) is 4.79 Å². The second-order valence-electron chi connectivity index (χ2n) is 3.93. The minimum absolute atomic E-state index is 0.631. The fourth-order valence-corrected chi connectivity index (χ4v) is 2.91. The van der Waals surface area contributed by atoms with Crippen molar-refractivity contribution >= 4 is 38.6 Å². The lowest BCUT2D eigenvalue weighted by Gasteiger charge is -1.98. The number of methoxy groups -OCH3 is 1. The van der Waals surface area contributed by atoms with Gasteiger partial charge in [0.05, 0.1) is 23.0 Å². The second kappa shape index (κ2) is 4.40. The van der Waals surface area contributed by atoms with Crippen molar-refractivity contribution < 1.29 is 14.6 Å². The molecular formula is C13H10N2O3S. The molecule has 3 rings (SSSR count). The van der Waals surface area contributed by atoms with E-state index < -0.39 is 5.97 Å². The maximum atomic E-state index is 10.5. The summed E-state index contributed by atoms with van der Waals surface area (Å²) in [5.74, 6) is -0.172. The second-order valence-corrected chi connectivity index (χ2v) is 4.93. The van der Waals surface area contributed by atoms with Gasteiger partial charge in [-0.25, -0.2) is 9.78 Å². The van der Waals surface area contributed by atoms with E-state index in [0.717, 1.165) is 27.0 Å². The first-order valence-electron chi connectivity index (χ1n) is 5.54. The number of rotatable bonds is 3. The largest absolute Gasteiger partial charge is 0.497 e. The highest BCUT2D eigenvalue weighted by molar-refractivity contribution is 7.23. The lowest BCUT2D eigenvalue weighted by molar-refractivity contribution is -0.131. The van der Waals surface area contributed by atoms with Crippen LogP contribution in [-0.4, -0.2) is 27.6 Å². The molecule has 6 heteroatoms. The van der Waals surface area contributed by atoms with Crippen molar-refractivity contribution in [2.75, 3.05) is 7.11 Å². The van der Waals surface area contributed by atoms with Gasteiger partial charge in [-0.1, -0.05) is 11.3 Å². The predicted molar refractivity (Wildman–Crippen MR) is 73.8 cm³/mol. The zero-order valence-electron chi connectivity index (χ0n) is 10.0. The molecule has 2 aromatic heterocycles. The van der Waals surface area contributed by atoms with Crippen LogP contribution >= 0.6 is 11.3 Å². The summed E-state index contributed by atoms with van der Waals surface area (Å²) in [6, 6.07) is 5.81. The summed E-state index contributed by atoms with van der Waals surface area (Å²) >= 11 is 1.54. The average molecular weight is 274 g/mol. The number of imidazole rings is 1. The fourth-order valence-electron chi connectivity index (χ4n) is 1.86. The first-order chi connectivity index (χ1) is 9.17. The van der Waals surface area contributed by atoms with Gasteiger partial charge in [0, 0.05) is 12.3 Å². The Morgan fingerprint density at radius 1 is 1.53 bits per heavy atom. The van der Waals surface area contributed by atoms with Crippen LogP contribution in [0.25, 0.3) is 21.3 Å². The van der Waals surface area contributed by atoms with Gasteiger partial charge in [0.1, 0.15) is 5.75 Å². The first kappa shape index (κ1) is 11.7. The number of thiazole rings is 1. The number of ether oxygens (including phenoxy) is 1. The Kier molecular flexibility index (Phi) is 2.72. The highest BCUT2D eigenvalue weighted by Gasteiger charge is 2.08. The number of carboxylic acids is 1. The number of nitrogens with zero attached hydrogens (tertiary/aromatic N) is 2. The molecule has 0 unspecified atom stereocenters. The molecule has 0 saturated carbocycles. The quantitative estimate of drug-likeness (QED) is 0.746. The van der Waals surface area contributed by atoms with Crippen LogP contribution in [0.2, 0.25) is 0 Å². The van der Waals surface area contributed by atoms with Crippen LogP contribution in [0.5, 0.6) is 5.75 Å². The number of aromatic nitrogens is 2. The molecule has 2 heterocycles. The molecule has 19 heavy (non-hydrogen) atoms. The molecule has 3 aromatic rings. The van der Waals surface area contributed by atoms with Crippen LogP contribution in [0.15, 0.2) is 30.5 Å². The van der Waals surface area contributed by atoms with Gasteiger partial charge in [-0.05, 0) is 24.3 Å². The number of carbonyl (C=O) groups is 1. The van der Waals surface area contributed by atoms with E-state index in [2.05, 4.69) is 4.98 Å². The number of aliphatic carboxylic acids is 1. The van der Waals surface area contributed by atoms with Gasteiger partial charge in [-0.3, -0.25) is 4.40 Å². The molecule has 0 bridgehead atoms. The van der Waals surface area contributed by atoms with Crippen molar-refractivity contribution in [1.82, 2.24) is 9.38 Å². The molecule has 96 valence electrons. The van der Waals surface area contributed by atoms with Gasteiger partial charge < -0.3 is 9.84 Å². The van der Waals surface area contributed by atoms with E-state index in [-0.39, 0.29) is 0 Å². The molecule has 0 atom stereocenters. The molecule has 0 aliphatic heterocycles. The molecule has 0 fully saturated rings. The van der Waals surface area contributed by atoms with E-state index in [1.807, 2.05) is 28.8 Å². The van der Waals surface area contributed by atoms with E-state index in [4.69, 9.17) is 9.84 Å². The average Bonchev–Trinajstić information content (AvgIpc) is 2.92. The van der Waals surface area contributed by atoms with Gasteiger partial charge >= 0.3 is 5.97 Å². The molecule has 0 amide bonds. The third-order valence-corrected chi connectivity index (χ3v) is 3.73. The summed E-state index contributed by atoms with van der Waals surface area (Å²) in [5, 5.41) is 8.60. The van der Waals surface area contributed by atoms with Crippen LogP contribution in [0.3, 0.4) is 0 Å². The van der Waals surface area contributed by atoms with Crippen molar-refractivity contribution in [2.45, 2.75) is 0 Å². The summed E-state index contributed by atoms with van der Waals surface area (Å²) in [5.41, 5.74) is 1.66. The summed E-state index contributed by atoms with van der Waals surface area (Å²) in [4.78, 5) is 15.7. The monoisotopic (exact) mass is 274 g/mol. The van der Waals surface area contributed by atoms with Crippen molar-refractivity contribution in [3.05, 3.63) is 36.2 Å². The Bertz CT molecular complexity index is 801. The zero-order valence-corrected chi connectivity index (χ0v) is 10.8. The van der Waals surface area contributed by atoms with Gasteiger partial charge in [0.2, 0.25) is 0 Å². The van der Waals surface area contributed by atoms with Crippen molar-refractivity contribution in [3.63, 3.8) is 0 Å². The fraction of sp³-hybridized carbons (Fsp3) is 0.0769. The smallest absolute Gasteiger partial charge is 0.328 e. The number of benzene rings is 1. The van der Waals surface area contributed by atoms with Crippen molar-refractivity contribution in [1.29, 1.82) is 0 Å². The lowest BCUT2D eigenvalue weighted by Crippen LogP contribution is -1.85. The molecular weight excluding hydrogens is 264 g/mol. The molecule has 0 saturated heterocycles. The van der Waals surface area contributed by atoms with Crippen molar-refractivity contribution in [3.8, 4) is 5.75 Å². The zero-order chi connectivity index (χ0) is 13.4. The van der Waals surface area contributed by atoms with Crippen molar-refractivity contribution in [2.24, 2.45) is 0 Å². The predicted octanol–water partition coefficient (Wildman–Crippen LogP) is 2.66. The molecule has 0 aliphatic rings. The highest BCUT2D eigenvalue weighted by Crippen LogP contribution is 2.29. The normalized spacial score (nSPS) is 11.6. The van der Waals surface area contributed by atoms with Crippen LogP contribution in [-0.2, 0) is 4.79 Å². The topological polar surface area (TPSA) is 63.8 Å². The van der Waals surface area contributed by atoms with Gasteiger partial charge in [0.25, 0.3) is 0 Å². The molecule has 1 N–H and O–H groups in total. The van der Waals surface area contributed by atoms with Gasteiger partial charge in [-0.2, -0.15) is 0 Å². The number of fused-ring (bicyclic) bond motifs is 3. The molecule has 0 radical (unpaired) electrons. The van der Waals surface area contributed by atoms with Crippen LogP contribution in [0, 0.1) is 0 Å². The van der Waals surface area contributed by atoms with Crippen LogP contribution in [0.1, 0.15) is 5.69 Å². The minimum atomic E-state index is -0.981. The van der Waals surface area contributed by atoms with Gasteiger partial charge in [-0.15, -0.1) is 0 Å². The number of carboxylic acid groups (broad SMARTS) is 1. The van der Waals surface area contributed by atoms with Crippen LogP contribution < -0.4 is 4.74 Å². The van der Waals surface area contributed by atoms with E-state index >= 15 is 0 Å². The lowest BCUT2D eigenvalue weighted by atomic mass is 10.3. The third kappa shape index (κ3) is 2.06. The Labute approximate surface area is 112 Å². The molecule has 0 spiro atoms. The first-order valence-corrected chi connectivity index (χ1v) is 6.35. The summed E-state index contributed by atoms with van der Waals surface area (Å²) in [6.07, 6.45) is 4.38. The van der Waals surface area contributed by atoms with Gasteiger partial charge in [0.15, 0.2) is 4.96 Å². The number of hydrogen-bond acceptors (Lipinski definition) is 4. The van der Waals surface area contributed by atoms with Crippen LogP contribution in [0.4, 0.5) is 0 Å². The number of hydrogen-bond donors (Lipinski definition) is 1. The molecule has 1 aromatic carbocycles. The minimum Gasteiger partial charge on any atom is -0.497 e. The summed E-state index contributed by atoms with van der Waals surface area (Å²) < 4.78 is 8.21. The van der Waals surface area contributed by atoms with E-state index in [0.29, 0.717) is 5.69 Å². The van der Waals surface area contributed by atoms with E-state index in [1.165, 1.54) is 17.4 Å². The summed E-state index contributed by atoms with van der Waals surface area (Å²) in [7, 11) is 1.63. The molecule has 0 aliphatic carbocycles. The third-order valence-electron chi connectivity index (χ3n) is 2.72. The Morgan fingerprint density at radius 2 is 2.37 bits per heavy atom. The summed E-state index contributed by atoms with van der Waals surface area (Å²) in [6.45, 7) is 0. The SMILES string of the molecule is COc1ccc2c(c1)sc1nc(/C=C/C(=O)O)cn12. The Hall–Kier alpha value is -2.34. The maximum Gasteiger partial charge on any atom is 0.328 e. The Morgan fingerprint density at radius 3 is 3.11 bits per heavy atom. The highest BCUT2D eigenvalue weighted by atomic mass is 32.1. The van der Waals surface area contributed by atoms with E-state index in [1.54, 1.807) is 7.11 Å².